The molecule has 0 bridgehead atoms. The number of hydrogen-bond donors (Lipinski definition) is 1. The summed E-state index contributed by atoms with van der Waals surface area (Å²) in [6.07, 6.45) is 13.8. The maximum Gasteiger partial charge on any atom is 0.0220 e. The number of rotatable bonds is 2. The largest absolute Gasteiger partial charge is 0.325 e. The summed E-state index contributed by atoms with van der Waals surface area (Å²) in [5.41, 5.74) is 6.70. The molecule has 2 aliphatic rings. The minimum absolute atomic E-state index is 0.150. The molecular weight excluding hydrogens is 170 g/mol. The Morgan fingerprint density at radius 1 is 1.43 bits per heavy atom. The van der Waals surface area contributed by atoms with Crippen LogP contribution >= 0.6 is 0 Å². The van der Waals surface area contributed by atoms with Crippen molar-refractivity contribution >= 4 is 0 Å². The Labute approximate surface area is 87.8 Å². The average molecular weight is 193 g/mol. The molecule has 1 nitrogen and oxygen atoms in total. The SMILES string of the molecule is CCC1CCC(N)(C2C=CCCC2)C1. The van der Waals surface area contributed by atoms with Crippen LogP contribution in [0.15, 0.2) is 12.2 Å². The van der Waals surface area contributed by atoms with Crippen LogP contribution in [-0.2, 0) is 0 Å². The summed E-state index contributed by atoms with van der Waals surface area (Å²) in [5.74, 6) is 1.57. The Morgan fingerprint density at radius 2 is 2.29 bits per heavy atom. The average Bonchev–Trinajstić information content (AvgIpc) is 2.63. The van der Waals surface area contributed by atoms with Crippen LogP contribution in [0.2, 0.25) is 0 Å². The van der Waals surface area contributed by atoms with Crippen LogP contribution in [0.3, 0.4) is 0 Å². The first-order valence-electron chi connectivity index (χ1n) is 6.20. The molecule has 0 aromatic rings. The quantitative estimate of drug-likeness (QED) is 0.669. The maximum absolute atomic E-state index is 6.55. The standard InChI is InChI=1S/C13H23N/c1-2-11-8-9-13(14,10-11)12-6-4-3-5-7-12/h4,6,11-12H,2-3,5,7-10,14H2,1H3. The van der Waals surface area contributed by atoms with E-state index in [-0.39, 0.29) is 5.54 Å². The van der Waals surface area contributed by atoms with E-state index in [9.17, 15) is 0 Å². The molecule has 1 saturated carbocycles. The molecule has 0 amide bonds. The molecule has 3 unspecified atom stereocenters. The molecule has 0 saturated heterocycles. The fourth-order valence-corrected chi connectivity index (χ4v) is 3.19. The molecule has 2 aliphatic carbocycles. The Balaban J connectivity index is 2.01. The van der Waals surface area contributed by atoms with E-state index < -0.39 is 0 Å². The summed E-state index contributed by atoms with van der Waals surface area (Å²) in [6, 6.07) is 0. The van der Waals surface area contributed by atoms with Gasteiger partial charge in [0.2, 0.25) is 0 Å². The first kappa shape index (κ1) is 10.2. The molecule has 80 valence electrons. The van der Waals surface area contributed by atoms with Crippen molar-refractivity contribution < 1.29 is 0 Å². The van der Waals surface area contributed by atoms with Gasteiger partial charge in [-0.3, -0.25) is 0 Å². The normalized spacial score (nSPS) is 43.0. The lowest BCUT2D eigenvalue weighted by molar-refractivity contribution is 0.288. The zero-order chi connectivity index (χ0) is 10.0. The first-order chi connectivity index (χ1) is 6.74. The predicted octanol–water partition coefficient (Wildman–Crippen LogP) is 3.25. The Bertz CT molecular complexity index is 221. The van der Waals surface area contributed by atoms with Gasteiger partial charge < -0.3 is 5.73 Å². The van der Waals surface area contributed by atoms with Crippen molar-refractivity contribution in [3.05, 3.63) is 12.2 Å². The second-order valence-electron chi connectivity index (χ2n) is 5.22. The minimum atomic E-state index is 0.150. The van der Waals surface area contributed by atoms with E-state index in [1.165, 1.54) is 44.9 Å². The highest BCUT2D eigenvalue weighted by Crippen LogP contribution is 2.42. The van der Waals surface area contributed by atoms with Crippen LogP contribution < -0.4 is 5.73 Å². The zero-order valence-electron chi connectivity index (χ0n) is 9.34. The van der Waals surface area contributed by atoms with Crippen molar-refractivity contribution in [1.29, 1.82) is 0 Å². The lowest BCUT2D eigenvalue weighted by atomic mass is 9.77. The van der Waals surface area contributed by atoms with E-state index in [0.717, 1.165) is 5.92 Å². The van der Waals surface area contributed by atoms with Gasteiger partial charge in [-0.2, -0.15) is 0 Å². The van der Waals surface area contributed by atoms with Crippen molar-refractivity contribution in [1.82, 2.24) is 0 Å². The Hall–Kier alpha value is -0.300. The summed E-state index contributed by atoms with van der Waals surface area (Å²) in [7, 11) is 0. The van der Waals surface area contributed by atoms with Crippen molar-refractivity contribution in [2.45, 2.75) is 57.4 Å². The molecule has 3 atom stereocenters. The van der Waals surface area contributed by atoms with Gasteiger partial charge in [0.25, 0.3) is 0 Å². The fraction of sp³-hybridized carbons (Fsp3) is 0.846. The summed E-state index contributed by atoms with van der Waals surface area (Å²) >= 11 is 0. The van der Waals surface area contributed by atoms with E-state index in [4.69, 9.17) is 5.73 Å². The van der Waals surface area contributed by atoms with Gasteiger partial charge in [-0.05, 0) is 50.4 Å². The van der Waals surface area contributed by atoms with E-state index in [0.29, 0.717) is 5.92 Å². The Kier molecular flexibility index (Phi) is 2.96. The number of allylic oxidation sites excluding steroid dienone is 1. The molecule has 0 aliphatic heterocycles. The molecule has 2 rings (SSSR count). The van der Waals surface area contributed by atoms with Gasteiger partial charge in [0.15, 0.2) is 0 Å². The summed E-state index contributed by atoms with van der Waals surface area (Å²) < 4.78 is 0. The van der Waals surface area contributed by atoms with Crippen molar-refractivity contribution in [3.63, 3.8) is 0 Å². The van der Waals surface area contributed by atoms with E-state index in [1.54, 1.807) is 0 Å². The van der Waals surface area contributed by atoms with Crippen molar-refractivity contribution in [2.75, 3.05) is 0 Å². The molecule has 1 heteroatoms. The smallest absolute Gasteiger partial charge is 0.0220 e. The second kappa shape index (κ2) is 4.06. The first-order valence-corrected chi connectivity index (χ1v) is 6.20. The third-order valence-corrected chi connectivity index (χ3v) is 4.26. The van der Waals surface area contributed by atoms with Gasteiger partial charge in [-0.25, -0.2) is 0 Å². The highest BCUT2D eigenvalue weighted by molar-refractivity contribution is 5.08. The predicted molar refractivity (Wildman–Crippen MR) is 61.0 cm³/mol. The third-order valence-electron chi connectivity index (χ3n) is 4.26. The van der Waals surface area contributed by atoms with E-state index in [1.807, 2.05) is 0 Å². The molecular formula is C13H23N. The zero-order valence-corrected chi connectivity index (χ0v) is 9.34. The second-order valence-corrected chi connectivity index (χ2v) is 5.22. The highest BCUT2D eigenvalue weighted by Gasteiger charge is 2.40. The van der Waals surface area contributed by atoms with Crippen LogP contribution in [0.25, 0.3) is 0 Å². The lowest BCUT2D eigenvalue weighted by Gasteiger charge is -2.34. The summed E-state index contributed by atoms with van der Waals surface area (Å²) in [5, 5.41) is 0. The van der Waals surface area contributed by atoms with Gasteiger partial charge in [-0.1, -0.05) is 25.5 Å². The molecule has 0 spiro atoms. The summed E-state index contributed by atoms with van der Waals surface area (Å²) in [4.78, 5) is 0. The maximum atomic E-state index is 6.55. The minimum Gasteiger partial charge on any atom is -0.325 e. The van der Waals surface area contributed by atoms with Gasteiger partial charge in [-0.15, -0.1) is 0 Å². The topological polar surface area (TPSA) is 26.0 Å². The molecule has 0 aromatic heterocycles. The fourth-order valence-electron chi connectivity index (χ4n) is 3.19. The highest BCUT2D eigenvalue weighted by atomic mass is 14.8. The van der Waals surface area contributed by atoms with Crippen molar-refractivity contribution in [2.24, 2.45) is 17.6 Å². The van der Waals surface area contributed by atoms with Crippen LogP contribution in [-0.4, -0.2) is 5.54 Å². The van der Waals surface area contributed by atoms with Gasteiger partial charge >= 0.3 is 0 Å². The lowest BCUT2D eigenvalue weighted by Crippen LogP contribution is -2.44. The van der Waals surface area contributed by atoms with Crippen LogP contribution in [0.4, 0.5) is 0 Å². The van der Waals surface area contributed by atoms with Gasteiger partial charge in [0, 0.05) is 5.54 Å². The van der Waals surface area contributed by atoms with Gasteiger partial charge in [0.1, 0.15) is 0 Å². The molecule has 0 aromatic carbocycles. The van der Waals surface area contributed by atoms with Gasteiger partial charge in [0.05, 0.1) is 0 Å². The third kappa shape index (κ3) is 1.88. The number of nitrogens with two attached hydrogens (primary N) is 1. The van der Waals surface area contributed by atoms with Crippen LogP contribution in [0.5, 0.6) is 0 Å². The van der Waals surface area contributed by atoms with Crippen LogP contribution in [0, 0.1) is 11.8 Å². The summed E-state index contributed by atoms with van der Waals surface area (Å²) in [6.45, 7) is 2.30. The van der Waals surface area contributed by atoms with E-state index >= 15 is 0 Å². The Morgan fingerprint density at radius 3 is 2.86 bits per heavy atom. The van der Waals surface area contributed by atoms with Crippen molar-refractivity contribution in [3.8, 4) is 0 Å². The van der Waals surface area contributed by atoms with E-state index in [2.05, 4.69) is 19.1 Å². The molecule has 0 radical (unpaired) electrons. The van der Waals surface area contributed by atoms with Crippen LogP contribution in [0.1, 0.15) is 51.9 Å². The molecule has 1 fully saturated rings. The molecule has 2 N–H and O–H groups in total. The number of hydrogen-bond acceptors (Lipinski definition) is 1. The molecule has 14 heavy (non-hydrogen) atoms. The monoisotopic (exact) mass is 193 g/mol. The molecule has 0 heterocycles.